The number of nitrogens with zero attached hydrogens (tertiary/aromatic N) is 1. The van der Waals surface area contributed by atoms with Gasteiger partial charge >= 0.3 is 5.97 Å². The molecule has 104 valence electrons. The Labute approximate surface area is 108 Å². The zero-order chi connectivity index (χ0) is 13.3. The van der Waals surface area contributed by atoms with Crippen LogP contribution in [-0.4, -0.2) is 42.4 Å². The van der Waals surface area contributed by atoms with E-state index < -0.39 is 22.2 Å². The topological polar surface area (TPSA) is 86.7 Å². The Bertz CT molecular complexity index is 423. The first-order chi connectivity index (χ1) is 8.47. The van der Waals surface area contributed by atoms with Crippen molar-refractivity contribution in [2.24, 2.45) is 5.92 Å². The van der Waals surface area contributed by atoms with Gasteiger partial charge in [-0.05, 0) is 25.2 Å². The van der Waals surface area contributed by atoms with Gasteiger partial charge in [-0.2, -0.15) is 12.7 Å². The highest BCUT2D eigenvalue weighted by atomic mass is 32.2. The van der Waals surface area contributed by atoms with Gasteiger partial charge in [0.05, 0.1) is 0 Å². The second-order valence-electron chi connectivity index (χ2n) is 5.03. The Hall–Kier alpha value is -0.660. The predicted molar refractivity (Wildman–Crippen MR) is 66.2 cm³/mol. The van der Waals surface area contributed by atoms with E-state index in [0.717, 1.165) is 25.7 Å². The Balaban J connectivity index is 2.30. The summed E-state index contributed by atoms with van der Waals surface area (Å²) in [4.78, 5) is 11.3. The largest absolute Gasteiger partial charge is 0.480 e. The van der Waals surface area contributed by atoms with Crippen molar-refractivity contribution in [2.45, 2.75) is 51.1 Å². The molecule has 0 spiro atoms. The van der Waals surface area contributed by atoms with Crippen molar-refractivity contribution in [3.8, 4) is 0 Å². The van der Waals surface area contributed by atoms with Crippen molar-refractivity contribution >= 4 is 16.2 Å². The van der Waals surface area contributed by atoms with E-state index in [0.29, 0.717) is 6.42 Å². The molecule has 0 aromatic carbocycles. The van der Waals surface area contributed by atoms with Crippen LogP contribution in [0, 0.1) is 5.92 Å². The van der Waals surface area contributed by atoms with Gasteiger partial charge in [-0.25, -0.2) is 4.72 Å². The summed E-state index contributed by atoms with van der Waals surface area (Å²) < 4.78 is 27.9. The molecule has 0 radical (unpaired) electrons. The maximum Gasteiger partial charge on any atom is 0.322 e. The molecule has 2 N–H and O–H groups in total. The average Bonchev–Trinajstić information content (AvgIpc) is 2.68. The van der Waals surface area contributed by atoms with E-state index in [1.54, 1.807) is 6.92 Å². The molecule has 1 saturated heterocycles. The summed E-state index contributed by atoms with van der Waals surface area (Å²) in [6.07, 6.45) is 4.21. The van der Waals surface area contributed by atoms with Gasteiger partial charge in [0.1, 0.15) is 6.04 Å². The summed E-state index contributed by atoms with van der Waals surface area (Å²) in [5.74, 6) is -0.834. The molecule has 0 aromatic rings. The van der Waals surface area contributed by atoms with Crippen LogP contribution in [0.3, 0.4) is 0 Å². The molecule has 18 heavy (non-hydrogen) atoms. The summed E-state index contributed by atoms with van der Waals surface area (Å²) in [5.41, 5.74) is 0. The van der Waals surface area contributed by atoms with E-state index >= 15 is 0 Å². The Morgan fingerprint density at radius 1 is 1.39 bits per heavy atom. The fourth-order valence-corrected chi connectivity index (χ4v) is 4.89. The van der Waals surface area contributed by atoms with Crippen LogP contribution in [-0.2, 0) is 15.0 Å². The number of nitrogens with one attached hydrogen (secondary N) is 1. The summed E-state index contributed by atoms with van der Waals surface area (Å²) in [7, 11) is -3.67. The third-order valence-electron chi connectivity index (χ3n) is 3.92. The van der Waals surface area contributed by atoms with Gasteiger partial charge in [0, 0.05) is 12.6 Å². The lowest BCUT2D eigenvalue weighted by Crippen LogP contribution is -2.50. The van der Waals surface area contributed by atoms with Crippen LogP contribution in [0.1, 0.15) is 39.0 Å². The van der Waals surface area contributed by atoms with Gasteiger partial charge in [-0.15, -0.1) is 0 Å². The number of carboxylic acids is 1. The zero-order valence-electron chi connectivity index (χ0n) is 10.5. The normalized spacial score (nSPS) is 33.3. The molecular weight excluding hydrogens is 256 g/mol. The quantitative estimate of drug-likeness (QED) is 0.785. The molecule has 0 bridgehead atoms. The standard InChI is InChI=1S/C11H20N2O4S/c1-2-12-18(16,17)13-9-6-4-3-5-8(9)7-10(13)11(14)15/h8-10,12H,2-7H2,1H3,(H,14,15). The summed E-state index contributed by atoms with van der Waals surface area (Å²) in [5, 5.41) is 9.23. The monoisotopic (exact) mass is 276 g/mol. The van der Waals surface area contributed by atoms with E-state index in [1.165, 1.54) is 4.31 Å². The molecule has 3 unspecified atom stereocenters. The van der Waals surface area contributed by atoms with Crippen molar-refractivity contribution in [2.75, 3.05) is 6.54 Å². The molecule has 3 atom stereocenters. The minimum atomic E-state index is -3.67. The number of carbonyl (C=O) groups is 1. The highest BCUT2D eigenvalue weighted by Crippen LogP contribution is 2.40. The van der Waals surface area contributed by atoms with Gasteiger partial charge in [0.25, 0.3) is 10.2 Å². The van der Waals surface area contributed by atoms with E-state index in [2.05, 4.69) is 4.72 Å². The van der Waals surface area contributed by atoms with Gasteiger partial charge in [0.15, 0.2) is 0 Å². The second kappa shape index (κ2) is 5.14. The maximum absolute atomic E-state index is 12.2. The molecule has 1 saturated carbocycles. The van der Waals surface area contributed by atoms with Crippen molar-refractivity contribution in [3.05, 3.63) is 0 Å². The second-order valence-corrected chi connectivity index (χ2v) is 6.69. The lowest BCUT2D eigenvalue weighted by atomic mass is 9.85. The Morgan fingerprint density at radius 3 is 2.67 bits per heavy atom. The predicted octanol–water partition coefficient (Wildman–Crippen LogP) is 0.558. The number of hydrogen-bond donors (Lipinski definition) is 2. The number of rotatable bonds is 4. The molecule has 2 rings (SSSR count). The highest BCUT2D eigenvalue weighted by molar-refractivity contribution is 7.87. The maximum atomic E-state index is 12.2. The van der Waals surface area contributed by atoms with Crippen LogP contribution < -0.4 is 4.72 Å². The molecule has 0 amide bonds. The van der Waals surface area contributed by atoms with Crippen LogP contribution in [0.25, 0.3) is 0 Å². The van der Waals surface area contributed by atoms with Gasteiger partial charge in [-0.3, -0.25) is 4.79 Å². The smallest absolute Gasteiger partial charge is 0.322 e. The zero-order valence-corrected chi connectivity index (χ0v) is 11.3. The first kappa shape index (κ1) is 13.8. The van der Waals surface area contributed by atoms with E-state index in [1.807, 2.05) is 0 Å². The first-order valence-corrected chi connectivity index (χ1v) is 7.92. The third kappa shape index (κ3) is 2.39. The molecule has 0 aromatic heterocycles. The molecule has 2 aliphatic rings. The lowest BCUT2D eigenvalue weighted by Gasteiger charge is -2.31. The molecule has 2 fully saturated rings. The minimum absolute atomic E-state index is 0.135. The number of aliphatic carboxylic acids is 1. The molecule has 6 nitrogen and oxygen atoms in total. The molecule has 1 aliphatic heterocycles. The summed E-state index contributed by atoms with van der Waals surface area (Å²) in [6.45, 7) is 1.98. The van der Waals surface area contributed by atoms with Crippen LogP contribution in [0.4, 0.5) is 0 Å². The fourth-order valence-electron chi connectivity index (χ4n) is 3.23. The molecule has 7 heteroatoms. The van der Waals surface area contributed by atoms with Crippen LogP contribution in [0.5, 0.6) is 0 Å². The van der Waals surface area contributed by atoms with Crippen LogP contribution in [0.2, 0.25) is 0 Å². The van der Waals surface area contributed by atoms with E-state index in [4.69, 9.17) is 0 Å². The van der Waals surface area contributed by atoms with Crippen molar-refractivity contribution in [1.82, 2.24) is 9.03 Å². The molecular formula is C11H20N2O4S. The number of hydrogen-bond acceptors (Lipinski definition) is 3. The first-order valence-electron chi connectivity index (χ1n) is 6.48. The lowest BCUT2D eigenvalue weighted by molar-refractivity contribution is -0.141. The fraction of sp³-hybridized carbons (Fsp3) is 0.909. The molecule has 1 heterocycles. The van der Waals surface area contributed by atoms with Gasteiger partial charge in [-0.1, -0.05) is 19.8 Å². The van der Waals surface area contributed by atoms with Gasteiger partial charge in [0.2, 0.25) is 0 Å². The van der Waals surface area contributed by atoms with Crippen molar-refractivity contribution in [1.29, 1.82) is 0 Å². The third-order valence-corrected chi connectivity index (χ3v) is 5.65. The number of carboxylic acid groups (broad SMARTS) is 1. The van der Waals surface area contributed by atoms with E-state index in [9.17, 15) is 18.3 Å². The van der Waals surface area contributed by atoms with Crippen molar-refractivity contribution < 1.29 is 18.3 Å². The van der Waals surface area contributed by atoms with Gasteiger partial charge < -0.3 is 5.11 Å². The summed E-state index contributed by atoms with van der Waals surface area (Å²) >= 11 is 0. The highest BCUT2D eigenvalue weighted by Gasteiger charge is 2.50. The average molecular weight is 276 g/mol. The van der Waals surface area contributed by atoms with Crippen LogP contribution in [0.15, 0.2) is 0 Å². The number of fused-ring (bicyclic) bond motifs is 1. The minimum Gasteiger partial charge on any atom is -0.480 e. The Morgan fingerprint density at radius 2 is 2.06 bits per heavy atom. The van der Waals surface area contributed by atoms with Crippen LogP contribution >= 0.6 is 0 Å². The SMILES string of the molecule is CCNS(=O)(=O)N1C(C(=O)O)CC2CCCCC21. The summed E-state index contributed by atoms with van der Waals surface area (Å²) in [6, 6.07) is -1.04. The Kier molecular flexibility index (Phi) is 3.93. The molecule has 1 aliphatic carbocycles. The van der Waals surface area contributed by atoms with E-state index in [-0.39, 0.29) is 18.5 Å². The van der Waals surface area contributed by atoms with Crippen molar-refractivity contribution in [3.63, 3.8) is 0 Å².